The van der Waals surface area contributed by atoms with Gasteiger partial charge in [0.25, 0.3) is 5.91 Å². The van der Waals surface area contributed by atoms with E-state index >= 15 is 0 Å². The molecular weight excluding hydrogens is 312 g/mol. The Hall–Kier alpha value is -1.92. The van der Waals surface area contributed by atoms with Crippen molar-refractivity contribution in [3.05, 3.63) is 46.9 Å². The van der Waals surface area contributed by atoms with Gasteiger partial charge in [-0.2, -0.15) is 0 Å². The molecule has 0 spiro atoms. The normalized spacial score (nSPS) is 26.8. The lowest BCUT2D eigenvalue weighted by atomic mass is 10.1. The van der Waals surface area contributed by atoms with Crippen LogP contribution >= 0.6 is 11.3 Å². The highest BCUT2D eigenvalue weighted by atomic mass is 32.1. The maximum absolute atomic E-state index is 12.7. The lowest BCUT2D eigenvalue weighted by Crippen LogP contribution is -2.54. The third-order valence-corrected chi connectivity index (χ3v) is 5.31. The summed E-state index contributed by atoms with van der Waals surface area (Å²) in [6.07, 6.45) is 5.15. The van der Waals surface area contributed by atoms with Crippen molar-refractivity contribution in [2.75, 3.05) is 13.2 Å². The van der Waals surface area contributed by atoms with E-state index in [-0.39, 0.29) is 24.2 Å². The van der Waals surface area contributed by atoms with E-state index < -0.39 is 0 Å². The lowest BCUT2D eigenvalue weighted by Gasteiger charge is -2.38. The molecule has 0 radical (unpaired) electrons. The smallest absolute Gasteiger partial charge is 0.264 e. The molecule has 5 nitrogen and oxygen atoms in total. The minimum atomic E-state index is -0.0622. The highest BCUT2D eigenvalue weighted by molar-refractivity contribution is 7.12. The van der Waals surface area contributed by atoms with Gasteiger partial charge >= 0.3 is 0 Å². The molecule has 1 saturated carbocycles. The molecule has 3 heterocycles. The summed E-state index contributed by atoms with van der Waals surface area (Å²) in [4.78, 5) is 19.5. The second kappa shape index (κ2) is 6.29. The van der Waals surface area contributed by atoms with Crippen molar-refractivity contribution in [3.63, 3.8) is 0 Å². The van der Waals surface area contributed by atoms with Gasteiger partial charge in [-0.15, -0.1) is 11.3 Å². The highest BCUT2D eigenvalue weighted by Crippen LogP contribution is 2.34. The summed E-state index contributed by atoms with van der Waals surface area (Å²) in [5.74, 6) is 0.865. The Labute approximate surface area is 138 Å². The molecule has 0 bridgehead atoms. The predicted molar refractivity (Wildman–Crippen MR) is 86.8 cm³/mol. The molecule has 6 heteroatoms. The Morgan fingerprint density at radius 2 is 2.30 bits per heavy atom. The monoisotopic (exact) mass is 330 g/mol. The number of carbonyl (C=O) groups is 1. The fourth-order valence-corrected chi connectivity index (χ4v) is 4.11. The van der Waals surface area contributed by atoms with Crippen LogP contribution in [0, 0.1) is 0 Å². The molecule has 1 aliphatic heterocycles. The number of pyridine rings is 1. The molecule has 4 rings (SSSR count). The van der Waals surface area contributed by atoms with E-state index in [4.69, 9.17) is 9.47 Å². The Kier molecular flexibility index (Phi) is 4.01. The summed E-state index contributed by atoms with van der Waals surface area (Å²) >= 11 is 1.49. The number of carbonyl (C=O) groups excluding carboxylic acids is 1. The molecule has 120 valence electrons. The van der Waals surface area contributed by atoms with Crippen LogP contribution in [-0.4, -0.2) is 47.2 Å². The highest BCUT2D eigenvalue weighted by Gasteiger charge is 2.45. The Bertz CT molecular complexity index is 662. The molecule has 2 fully saturated rings. The Balaban J connectivity index is 1.49. The molecule has 0 N–H and O–H groups in total. The van der Waals surface area contributed by atoms with Crippen LogP contribution in [0.25, 0.3) is 0 Å². The average Bonchev–Trinajstić information content (AvgIpc) is 3.25. The minimum absolute atomic E-state index is 0.0249. The van der Waals surface area contributed by atoms with Crippen LogP contribution in [0.1, 0.15) is 22.5 Å². The predicted octanol–water partition coefficient (Wildman–Crippen LogP) is 2.59. The molecule has 0 aromatic carbocycles. The van der Waals surface area contributed by atoms with Gasteiger partial charge in [0.05, 0.1) is 23.7 Å². The van der Waals surface area contributed by atoms with Crippen molar-refractivity contribution in [1.82, 2.24) is 9.88 Å². The number of amides is 1. The number of aromatic nitrogens is 1. The van der Waals surface area contributed by atoms with E-state index in [1.54, 1.807) is 12.4 Å². The summed E-state index contributed by atoms with van der Waals surface area (Å²) in [5, 5.41) is 1.94. The van der Waals surface area contributed by atoms with Gasteiger partial charge in [0.15, 0.2) is 0 Å². The summed E-state index contributed by atoms with van der Waals surface area (Å²) in [7, 11) is 0. The molecule has 2 aromatic rings. The van der Waals surface area contributed by atoms with Crippen molar-refractivity contribution in [2.45, 2.75) is 31.1 Å². The van der Waals surface area contributed by atoms with Crippen LogP contribution in [0.4, 0.5) is 0 Å². The number of rotatable bonds is 3. The van der Waals surface area contributed by atoms with Crippen LogP contribution in [0.5, 0.6) is 5.75 Å². The molecule has 1 saturated heterocycles. The van der Waals surface area contributed by atoms with Gasteiger partial charge in [-0.3, -0.25) is 9.78 Å². The Morgan fingerprint density at radius 3 is 3.09 bits per heavy atom. The molecule has 1 aliphatic carbocycles. The quantitative estimate of drug-likeness (QED) is 0.868. The van der Waals surface area contributed by atoms with Crippen molar-refractivity contribution < 1.29 is 14.3 Å². The van der Waals surface area contributed by atoms with Crippen molar-refractivity contribution in [1.29, 1.82) is 0 Å². The van der Waals surface area contributed by atoms with E-state index in [0.717, 1.165) is 23.5 Å². The summed E-state index contributed by atoms with van der Waals surface area (Å²) in [5.41, 5.74) is 0. The topological polar surface area (TPSA) is 51.7 Å². The average molecular weight is 330 g/mol. The lowest BCUT2D eigenvalue weighted by molar-refractivity contribution is -0.0785. The second-order valence-electron chi connectivity index (χ2n) is 5.80. The van der Waals surface area contributed by atoms with Crippen LogP contribution in [0.15, 0.2) is 42.0 Å². The van der Waals surface area contributed by atoms with E-state index in [1.807, 2.05) is 34.5 Å². The standard InChI is InChI=1S/C17H18N2O3S/c20-17(15-4-2-10-23-15)19-8-9-21-16-13(19)5-6-14(16)22-12-3-1-7-18-11-12/h1-4,7,10-11,13-14,16H,5-6,8-9H2/t13-,14+,16+/m0/s1. The van der Waals surface area contributed by atoms with Crippen LogP contribution < -0.4 is 4.74 Å². The maximum Gasteiger partial charge on any atom is 0.264 e. The molecule has 1 amide bonds. The zero-order valence-corrected chi connectivity index (χ0v) is 13.4. The fraction of sp³-hybridized carbons (Fsp3) is 0.412. The first kappa shape index (κ1) is 14.7. The van der Waals surface area contributed by atoms with E-state index in [0.29, 0.717) is 13.2 Å². The third-order valence-electron chi connectivity index (χ3n) is 4.45. The minimum Gasteiger partial charge on any atom is -0.486 e. The SMILES string of the molecule is O=C(c1cccs1)N1CCO[C@H]2[C@H](Oc3cccnc3)CC[C@@H]21. The van der Waals surface area contributed by atoms with Gasteiger partial charge in [0.2, 0.25) is 0 Å². The maximum atomic E-state index is 12.7. The van der Waals surface area contributed by atoms with Crippen molar-refractivity contribution in [2.24, 2.45) is 0 Å². The molecule has 2 aliphatic rings. The van der Waals surface area contributed by atoms with E-state index in [9.17, 15) is 4.79 Å². The van der Waals surface area contributed by atoms with Gasteiger partial charge in [-0.25, -0.2) is 0 Å². The number of fused-ring (bicyclic) bond motifs is 1. The van der Waals surface area contributed by atoms with Crippen LogP contribution in [0.3, 0.4) is 0 Å². The van der Waals surface area contributed by atoms with E-state index in [1.165, 1.54) is 11.3 Å². The Morgan fingerprint density at radius 1 is 1.35 bits per heavy atom. The summed E-state index contributed by atoms with van der Waals surface area (Å²) in [6.45, 7) is 1.21. The zero-order chi connectivity index (χ0) is 15.6. The van der Waals surface area contributed by atoms with Gasteiger partial charge in [-0.05, 0) is 36.4 Å². The largest absolute Gasteiger partial charge is 0.486 e. The molecular formula is C17H18N2O3S. The van der Waals surface area contributed by atoms with E-state index in [2.05, 4.69) is 4.98 Å². The zero-order valence-electron chi connectivity index (χ0n) is 12.6. The first-order valence-electron chi connectivity index (χ1n) is 7.86. The second-order valence-corrected chi connectivity index (χ2v) is 6.75. The molecule has 0 unspecified atom stereocenters. The summed E-state index contributed by atoms with van der Waals surface area (Å²) < 4.78 is 12.0. The third kappa shape index (κ3) is 2.84. The number of hydrogen-bond donors (Lipinski definition) is 0. The number of ether oxygens (including phenoxy) is 2. The van der Waals surface area contributed by atoms with Crippen LogP contribution in [-0.2, 0) is 4.74 Å². The summed E-state index contributed by atoms with van der Waals surface area (Å²) in [6, 6.07) is 7.66. The number of morpholine rings is 1. The first-order valence-corrected chi connectivity index (χ1v) is 8.73. The number of nitrogens with zero attached hydrogens (tertiary/aromatic N) is 2. The van der Waals surface area contributed by atoms with Gasteiger partial charge in [-0.1, -0.05) is 6.07 Å². The van der Waals surface area contributed by atoms with Crippen molar-refractivity contribution >= 4 is 17.2 Å². The van der Waals surface area contributed by atoms with Gasteiger partial charge in [0, 0.05) is 12.7 Å². The fourth-order valence-electron chi connectivity index (χ4n) is 3.43. The molecule has 23 heavy (non-hydrogen) atoms. The van der Waals surface area contributed by atoms with Gasteiger partial charge in [0.1, 0.15) is 18.0 Å². The number of hydrogen-bond acceptors (Lipinski definition) is 5. The first-order chi connectivity index (χ1) is 11.3. The number of thiophene rings is 1. The van der Waals surface area contributed by atoms with Gasteiger partial charge < -0.3 is 14.4 Å². The molecule has 2 aromatic heterocycles. The van der Waals surface area contributed by atoms with Crippen LogP contribution in [0.2, 0.25) is 0 Å². The van der Waals surface area contributed by atoms with Crippen molar-refractivity contribution in [3.8, 4) is 5.75 Å². The molecule has 3 atom stereocenters.